The van der Waals surface area contributed by atoms with Gasteiger partial charge in [0.05, 0.1) is 0 Å². The van der Waals surface area contributed by atoms with E-state index >= 15 is 0 Å². The van der Waals surface area contributed by atoms with Crippen LogP contribution in [0.25, 0.3) is 0 Å². The van der Waals surface area contributed by atoms with Crippen LogP contribution in [0, 0.1) is 40.4 Å². The quantitative estimate of drug-likeness (QED) is 0.797. The molecule has 4 aliphatic rings. The van der Waals surface area contributed by atoms with Crippen molar-refractivity contribution in [2.45, 2.75) is 66.7 Å². The molecule has 1 saturated heterocycles. The number of hydrogen-bond acceptors (Lipinski definition) is 3. The Morgan fingerprint density at radius 2 is 1.89 bits per heavy atom. The van der Waals surface area contributed by atoms with Gasteiger partial charge in [0.1, 0.15) is 0 Å². The zero-order valence-electron chi connectivity index (χ0n) is 18.4. The van der Waals surface area contributed by atoms with E-state index < -0.39 is 0 Å². The fourth-order valence-electron chi connectivity index (χ4n) is 7.65. The van der Waals surface area contributed by atoms with Gasteiger partial charge in [0.25, 0.3) is 0 Å². The van der Waals surface area contributed by atoms with Crippen molar-refractivity contribution in [1.29, 1.82) is 0 Å². The first kappa shape index (κ1) is 20.0. The molecule has 1 amide bonds. The van der Waals surface area contributed by atoms with Gasteiger partial charge in [-0.15, -0.1) is 0 Å². The lowest BCUT2D eigenvalue weighted by Crippen LogP contribution is -2.58. The van der Waals surface area contributed by atoms with Crippen molar-refractivity contribution in [3.8, 4) is 0 Å². The maximum absolute atomic E-state index is 13.3. The summed E-state index contributed by atoms with van der Waals surface area (Å²) in [6.07, 6.45) is 7.45. The van der Waals surface area contributed by atoms with Crippen LogP contribution in [0.1, 0.15) is 66.7 Å². The predicted molar refractivity (Wildman–Crippen MR) is 111 cm³/mol. The highest BCUT2D eigenvalue weighted by atomic mass is 16.2. The van der Waals surface area contributed by atoms with Gasteiger partial charge in [-0.2, -0.15) is 0 Å². The van der Waals surface area contributed by atoms with Gasteiger partial charge in [0.15, 0.2) is 5.78 Å². The monoisotopic (exact) mass is 386 g/mol. The smallest absolute Gasteiger partial charge is 0.226 e. The van der Waals surface area contributed by atoms with Crippen molar-refractivity contribution in [3.05, 3.63) is 11.8 Å². The van der Waals surface area contributed by atoms with Crippen LogP contribution < -0.4 is 5.32 Å². The van der Waals surface area contributed by atoms with Crippen LogP contribution in [0.15, 0.2) is 11.8 Å². The number of hydrogen-bond donors (Lipinski definition) is 1. The number of carbonyl (C=O) groups is 2. The number of piperidine rings is 1. The van der Waals surface area contributed by atoms with Crippen LogP contribution in [0.5, 0.6) is 0 Å². The standard InChI is InChI=1S/C24H38N2O2/c1-6-26(7-2)22(28)19-9-8-17-16-14-25-21-12-20(27)15(3)13-24(21,5)18(16)10-11-23(17,19)4/h12,15-19,25H,6-11,13-14H2,1-5H3/t15?,16?,17?,18?,19-,23+,24-/m1/s1. The summed E-state index contributed by atoms with van der Waals surface area (Å²) in [6, 6.07) is 0. The summed E-state index contributed by atoms with van der Waals surface area (Å²) in [7, 11) is 0. The Morgan fingerprint density at radius 1 is 1.18 bits per heavy atom. The van der Waals surface area contributed by atoms with Crippen LogP contribution >= 0.6 is 0 Å². The fourth-order valence-corrected chi connectivity index (χ4v) is 7.65. The molecule has 4 heteroatoms. The van der Waals surface area contributed by atoms with Crippen molar-refractivity contribution < 1.29 is 9.59 Å². The van der Waals surface area contributed by atoms with Crippen molar-refractivity contribution in [1.82, 2.24) is 10.2 Å². The van der Waals surface area contributed by atoms with Crippen molar-refractivity contribution >= 4 is 11.7 Å². The molecule has 1 N–H and O–H groups in total. The fraction of sp³-hybridized carbons (Fsp3) is 0.833. The molecule has 3 aliphatic carbocycles. The molecule has 0 spiro atoms. The molecule has 7 atom stereocenters. The Balaban J connectivity index is 1.61. The van der Waals surface area contributed by atoms with E-state index in [9.17, 15) is 9.59 Å². The molecule has 0 aromatic carbocycles. The summed E-state index contributed by atoms with van der Waals surface area (Å²) in [4.78, 5) is 27.6. The van der Waals surface area contributed by atoms with Gasteiger partial charge < -0.3 is 10.2 Å². The number of fused-ring (bicyclic) bond motifs is 5. The van der Waals surface area contributed by atoms with Crippen LogP contribution in [-0.2, 0) is 9.59 Å². The number of amides is 1. The second-order valence-corrected chi connectivity index (χ2v) is 10.4. The average molecular weight is 387 g/mol. The Morgan fingerprint density at radius 3 is 2.57 bits per heavy atom. The molecule has 0 aromatic heterocycles. The summed E-state index contributed by atoms with van der Waals surface area (Å²) in [5, 5.41) is 3.68. The molecular weight excluding hydrogens is 348 g/mol. The largest absolute Gasteiger partial charge is 0.387 e. The molecule has 2 saturated carbocycles. The second kappa shape index (κ2) is 6.88. The van der Waals surface area contributed by atoms with E-state index in [-0.39, 0.29) is 28.4 Å². The molecule has 0 aromatic rings. The van der Waals surface area contributed by atoms with Crippen molar-refractivity contribution in [2.24, 2.45) is 40.4 Å². The van der Waals surface area contributed by atoms with E-state index in [4.69, 9.17) is 0 Å². The zero-order chi connectivity index (χ0) is 20.3. The minimum Gasteiger partial charge on any atom is -0.387 e. The number of ketones is 1. The van der Waals surface area contributed by atoms with E-state index in [0.717, 1.165) is 38.9 Å². The normalized spacial score (nSPS) is 44.7. The first-order valence-corrected chi connectivity index (χ1v) is 11.5. The molecule has 4 nitrogen and oxygen atoms in total. The van der Waals surface area contributed by atoms with E-state index in [1.54, 1.807) is 0 Å². The first-order chi connectivity index (χ1) is 13.3. The van der Waals surface area contributed by atoms with Gasteiger partial charge in [0.2, 0.25) is 5.91 Å². The van der Waals surface area contributed by atoms with Gasteiger partial charge in [0, 0.05) is 48.7 Å². The predicted octanol–water partition coefficient (Wildman–Crippen LogP) is 4.02. The number of allylic oxidation sites excluding steroid dienone is 2. The van der Waals surface area contributed by atoms with Crippen LogP contribution in [0.2, 0.25) is 0 Å². The number of nitrogens with one attached hydrogen (secondary N) is 1. The molecule has 3 fully saturated rings. The summed E-state index contributed by atoms with van der Waals surface area (Å²) in [5.41, 5.74) is 1.42. The Labute approximate surface area is 170 Å². The second-order valence-electron chi connectivity index (χ2n) is 10.4. The van der Waals surface area contributed by atoms with Gasteiger partial charge in [-0.1, -0.05) is 20.8 Å². The molecule has 0 radical (unpaired) electrons. The molecule has 0 bridgehead atoms. The first-order valence-electron chi connectivity index (χ1n) is 11.5. The molecule has 1 heterocycles. The Kier molecular flexibility index (Phi) is 4.91. The van der Waals surface area contributed by atoms with Crippen molar-refractivity contribution in [2.75, 3.05) is 19.6 Å². The summed E-state index contributed by atoms with van der Waals surface area (Å²) in [6.45, 7) is 13.7. The maximum Gasteiger partial charge on any atom is 0.226 e. The minimum absolute atomic E-state index is 0.0958. The third-order valence-corrected chi connectivity index (χ3v) is 9.27. The van der Waals surface area contributed by atoms with Crippen LogP contribution in [-0.4, -0.2) is 36.2 Å². The van der Waals surface area contributed by atoms with Crippen LogP contribution in [0.4, 0.5) is 0 Å². The van der Waals surface area contributed by atoms with Crippen LogP contribution in [0.3, 0.4) is 0 Å². The molecule has 1 aliphatic heterocycles. The lowest BCUT2D eigenvalue weighted by atomic mass is 9.49. The van der Waals surface area contributed by atoms with E-state index in [1.165, 1.54) is 18.5 Å². The zero-order valence-corrected chi connectivity index (χ0v) is 18.4. The minimum atomic E-state index is 0.0958. The molecule has 4 unspecified atom stereocenters. The van der Waals surface area contributed by atoms with E-state index in [2.05, 4.69) is 39.9 Å². The number of rotatable bonds is 3. The molecular formula is C24H38N2O2. The molecule has 4 rings (SSSR count). The third kappa shape index (κ3) is 2.69. The Bertz CT molecular complexity index is 697. The lowest BCUT2D eigenvalue weighted by Gasteiger charge is -2.58. The third-order valence-electron chi connectivity index (χ3n) is 9.27. The average Bonchev–Trinajstić information content (AvgIpc) is 3.01. The highest BCUT2D eigenvalue weighted by Crippen LogP contribution is 2.64. The molecule has 156 valence electrons. The summed E-state index contributed by atoms with van der Waals surface area (Å²) >= 11 is 0. The summed E-state index contributed by atoms with van der Waals surface area (Å²) in [5.74, 6) is 2.87. The number of carbonyl (C=O) groups excluding carboxylic acids is 2. The topological polar surface area (TPSA) is 49.4 Å². The van der Waals surface area contributed by atoms with Gasteiger partial charge >= 0.3 is 0 Å². The van der Waals surface area contributed by atoms with Gasteiger partial charge in [-0.3, -0.25) is 9.59 Å². The SMILES string of the molecule is CCN(CC)C(=O)[C@H]1CCC2C3CNC4=CC(=O)C(C)C[C@]4(C)C3CC[C@@]21C. The van der Waals surface area contributed by atoms with E-state index in [1.807, 2.05) is 11.0 Å². The lowest BCUT2D eigenvalue weighted by molar-refractivity contribution is -0.142. The van der Waals surface area contributed by atoms with Crippen molar-refractivity contribution in [3.63, 3.8) is 0 Å². The van der Waals surface area contributed by atoms with Gasteiger partial charge in [-0.25, -0.2) is 0 Å². The highest BCUT2D eigenvalue weighted by molar-refractivity contribution is 5.93. The van der Waals surface area contributed by atoms with Gasteiger partial charge in [-0.05, 0) is 69.1 Å². The van der Waals surface area contributed by atoms with E-state index in [0.29, 0.717) is 23.7 Å². The maximum atomic E-state index is 13.3. The highest BCUT2D eigenvalue weighted by Gasteiger charge is 2.61. The summed E-state index contributed by atoms with van der Waals surface area (Å²) < 4.78 is 0. The Hall–Kier alpha value is -1.32. The molecule has 28 heavy (non-hydrogen) atoms. The number of nitrogens with zero attached hydrogens (tertiary/aromatic N) is 1.